The number of likely N-dealkylation sites (tertiary alicyclic amines) is 1. The fourth-order valence-electron chi connectivity index (χ4n) is 5.48. The number of alkyl halides is 1. The van der Waals surface area contributed by atoms with Crippen LogP contribution in [0.2, 0.25) is 0 Å². The number of aromatic amines is 1. The largest absolute Gasteiger partial charge is 0.346 e. The zero-order valence-corrected chi connectivity index (χ0v) is 19.2. The molecule has 0 spiro atoms. The van der Waals surface area contributed by atoms with E-state index in [9.17, 15) is 18.0 Å². The van der Waals surface area contributed by atoms with Gasteiger partial charge in [-0.05, 0) is 49.7 Å². The van der Waals surface area contributed by atoms with Crippen LogP contribution < -0.4 is 0 Å². The highest BCUT2D eigenvalue weighted by atomic mass is 19.1. The second-order valence-electron chi connectivity index (χ2n) is 9.68. The molecule has 1 amide bonds. The van der Waals surface area contributed by atoms with Crippen LogP contribution in [0.5, 0.6) is 0 Å². The van der Waals surface area contributed by atoms with Crippen LogP contribution in [-0.2, 0) is 11.2 Å². The van der Waals surface area contributed by atoms with E-state index >= 15 is 0 Å². The van der Waals surface area contributed by atoms with Gasteiger partial charge in [-0.2, -0.15) is 0 Å². The van der Waals surface area contributed by atoms with E-state index in [2.05, 4.69) is 19.8 Å². The number of amides is 1. The minimum atomic E-state index is -0.927. The van der Waals surface area contributed by atoms with Gasteiger partial charge in [-0.3, -0.25) is 9.78 Å². The van der Waals surface area contributed by atoms with E-state index in [4.69, 9.17) is 6.57 Å². The second kappa shape index (κ2) is 9.68. The monoisotopic (exact) mass is 481 g/mol. The molecule has 0 aromatic carbocycles. The fraction of sp³-hybridized carbons (Fsp3) is 0.462. The smallest absolute Gasteiger partial charge is 0.222 e. The molecule has 9 heteroatoms. The molecule has 35 heavy (non-hydrogen) atoms. The summed E-state index contributed by atoms with van der Waals surface area (Å²) in [6.07, 6.45) is 6.55. The first-order chi connectivity index (χ1) is 16.9. The van der Waals surface area contributed by atoms with Crippen molar-refractivity contribution >= 4 is 22.6 Å². The number of carbonyl (C=O) groups is 1. The molecule has 2 aliphatic rings. The van der Waals surface area contributed by atoms with Crippen LogP contribution >= 0.6 is 0 Å². The number of pyridine rings is 2. The van der Waals surface area contributed by atoms with Gasteiger partial charge in [0.05, 0.1) is 30.7 Å². The van der Waals surface area contributed by atoms with Crippen molar-refractivity contribution in [1.29, 1.82) is 0 Å². The number of rotatable bonds is 5. The molecule has 3 aromatic rings. The maximum Gasteiger partial charge on any atom is 0.222 e. The molecule has 2 fully saturated rings. The number of nitrogens with one attached hydrogen (secondary N) is 1. The Labute approximate surface area is 201 Å². The van der Waals surface area contributed by atoms with E-state index in [-0.39, 0.29) is 35.7 Å². The Morgan fingerprint density at radius 2 is 2.06 bits per heavy atom. The van der Waals surface area contributed by atoms with Crippen LogP contribution in [0.15, 0.2) is 24.5 Å². The third-order valence-electron chi connectivity index (χ3n) is 7.22. The molecule has 3 aromatic heterocycles. The zero-order valence-electron chi connectivity index (χ0n) is 19.2. The summed E-state index contributed by atoms with van der Waals surface area (Å²) >= 11 is 0. The van der Waals surface area contributed by atoms with Crippen molar-refractivity contribution in [2.24, 2.45) is 11.8 Å². The van der Waals surface area contributed by atoms with Crippen molar-refractivity contribution in [2.45, 2.75) is 51.1 Å². The molecule has 1 saturated carbocycles. The number of H-pyrrole nitrogens is 1. The lowest BCUT2D eigenvalue weighted by Crippen LogP contribution is -2.31. The van der Waals surface area contributed by atoms with Crippen molar-refractivity contribution in [3.05, 3.63) is 53.3 Å². The molecule has 4 heterocycles. The number of hydrogen-bond acceptors (Lipinski definition) is 3. The number of aromatic nitrogens is 3. The van der Waals surface area contributed by atoms with Gasteiger partial charge in [0.2, 0.25) is 11.6 Å². The first-order valence-electron chi connectivity index (χ1n) is 12.0. The van der Waals surface area contributed by atoms with Gasteiger partial charge in [-0.1, -0.05) is 12.8 Å². The number of carbonyl (C=O) groups excluding carboxylic acids is 1. The van der Waals surface area contributed by atoms with Crippen molar-refractivity contribution in [3.8, 4) is 11.3 Å². The van der Waals surface area contributed by atoms with Gasteiger partial charge in [0, 0.05) is 30.1 Å². The summed E-state index contributed by atoms with van der Waals surface area (Å²) in [6, 6.07) is 2.52. The Balaban J connectivity index is 1.35. The van der Waals surface area contributed by atoms with Crippen LogP contribution in [0.1, 0.15) is 44.2 Å². The number of hydrogen-bond donors (Lipinski definition) is 1. The predicted octanol–water partition coefficient (Wildman–Crippen LogP) is 5.76. The van der Waals surface area contributed by atoms with E-state index in [0.717, 1.165) is 31.9 Å². The number of fused-ring (bicyclic) bond motifs is 1. The summed E-state index contributed by atoms with van der Waals surface area (Å²) in [5, 5.41) is 0.480. The molecular formula is C26H26F3N5O. The van der Waals surface area contributed by atoms with Crippen LogP contribution in [0.3, 0.4) is 0 Å². The first kappa shape index (κ1) is 23.3. The Morgan fingerprint density at radius 1 is 1.23 bits per heavy atom. The summed E-state index contributed by atoms with van der Waals surface area (Å²) in [5.41, 5.74) is 1.58. The normalized spacial score (nSPS) is 22.5. The van der Waals surface area contributed by atoms with E-state index < -0.39 is 17.8 Å². The molecule has 1 saturated heterocycles. The summed E-state index contributed by atoms with van der Waals surface area (Å²) < 4.78 is 42.3. The maximum atomic E-state index is 15.0. The maximum absolute atomic E-state index is 15.0. The van der Waals surface area contributed by atoms with Crippen LogP contribution in [0, 0.1) is 30.0 Å². The van der Waals surface area contributed by atoms with Crippen LogP contribution in [0.25, 0.3) is 27.1 Å². The highest BCUT2D eigenvalue weighted by molar-refractivity contribution is 5.95. The molecule has 5 rings (SSSR count). The molecule has 0 bridgehead atoms. The average Bonchev–Trinajstić information content (AvgIpc) is 3.46. The van der Waals surface area contributed by atoms with Gasteiger partial charge in [-0.25, -0.2) is 23.0 Å². The summed E-state index contributed by atoms with van der Waals surface area (Å²) in [5.74, 6) is -0.696. The lowest BCUT2D eigenvalue weighted by atomic mass is 9.77. The standard InChI is InChI=1S/C26H26F3N5O/c1-30-23-11-21(29)22(33-25(23)20-13-32-26-19(20)10-18(28)12-31-26)8-15-3-2-4-16(7-15)9-24(35)34-6-5-17(27)14-34/h10-13,15-17H,2-9,14H2,(H,31,32)/t15-,16+,17-/m0/s1. The Morgan fingerprint density at radius 3 is 2.83 bits per heavy atom. The predicted molar refractivity (Wildman–Crippen MR) is 125 cm³/mol. The van der Waals surface area contributed by atoms with Crippen molar-refractivity contribution in [2.75, 3.05) is 13.1 Å². The van der Waals surface area contributed by atoms with Gasteiger partial charge < -0.3 is 9.88 Å². The van der Waals surface area contributed by atoms with Gasteiger partial charge in [0.15, 0.2) is 0 Å². The Kier molecular flexibility index (Phi) is 6.46. The molecule has 0 radical (unpaired) electrons. The molecule has 6 nitrogen and oxygen atoms in total. The van der Waals surface area contributed by atoms with Crippen molar-refractivity contribution < 1.29 is 18.0 Å². The average molecular weight is 482 g/mol. The summed E-state index contributed by atoms with van der Waals surface area (Å²) in [7, 11) is 0. The molecule has 1 aliphatic carbocycles. The van der Waals surface area contributed by atoms with Crippen molar-refractivity contribution in [3.63, 3.8) is 0 Å². The second-order valence-corrected chi connectivity index (χ2v) is 9.68. The first-order valence-corrected chi connectivity index (χ1v) is 12.0. The third-order valence-corrected chi connectivity index (χ3v) is 7.22. The topological polar surface area (TPSA) is 66.2 Å². The van der Waals surface area contributed by atoms with E-state index in [1.807, 2.05) is 0 Å². The minimum absolute atomic E-state index is 0.00368. The Hall–Kier alpha value is -3.41. The molecule has 3 atom stereocenters. The minimum Gasteiger partial charge on any atom is -0.346 e. The van der Waals surface area contributed by atoms with Gasteiger partial charge in [0.25, 0.3) is 0 Å². The van der Waals surface area contributed by atoms with Crippen LogP contribution in [0.4, 0.5) is 18.9 Å². The molecule has 1 aliphatic heterocycles. The lowest BCUT2D eigenvalue weighted by Gasteiger charge is -2.30. The SMILES string of the molecule is [C-]#[N+]c1cc(F)c(C[C@H]2CCC[C@@H](CC(=O)N3CC[C@H](F)C3)C2)nc1-c1c[nH]c2ncc(F)cc12. The highest BCUT2D eigenvalue weighted by Crippen LogP contribution is 2.38. The third kappa shape index (κ3) is 4.88. The lowest BCUT2D eigenvalue weighted by molar-refractivity contribution is -0.131. The number of nitrogens with zero attached hydrogens (tertiary/aromatic N) is 4. The molecule has 182 valence electrons. The summed E-state index contributed by atoms with van der Waals surface area (Å²) in [6.45, 7) is 8.16. The van der Waals surface area contributed by atoms with Crippen LogP contribution in [-0.4, -0.2) is 45.0 Å². The Bertz CT molecular complexity index is 1300. The van der Waals surface area contributed by atoms with E-state index in [1.54, 1.807) is 11.1 Å². The summed E-state index contributed by atoms with van der Waals surface area (Å²) in [4.78, 5) is 29.2. The molecular weight excluding hydrogens is 455 g/mol. The van der Waals surface area contributed by atoms with Crippen molar-refractivity contribution in [1.82, 2.24) is 19.9 Å². The fourth-order valence-corrected chi connectivity index (χ4v) is 5.48. The molecule has 1 N–H and O–H groups in total. The number of halogens is 3. The van der Waals surface area contributed by atoms with Gasteiger partial charge in [-0.15, -0.1) is 0 Å². The van der Waals surface area contributed by atoms with E-state index in [0.29, 0.717) is 48.1 Å². The quantitative estimate of drug-likeness (QED) is 0.471. The van der Waals surface area contributed by atoms with Gasteiger partial charge in [0.1, 0.15) is 23.5 Å². The highest BCUT2D eigenvalue weighted by Gasteiger charge is 2.30. The molecule has 0 unspecified atom stereocenters. The zero-order chi connectivity index (χ0) is 24.5. The van der Waals surface area contributed by atoms with E-state index in [1.165, 1.54) is 12.1 Å². The van der Waals surface area contributed by atoms with Gasteiger partial charge >= 0.3 is 0 Å².